The fraction of sp³-hybridized carbons (Fsp3) is 0.250. The quantitative estimate of drug-likeness (QED) is 0.0216. The highest BCUT2D eigenvalue weighted by atomic mass is 35.5. The number of alkyl halides is 12. The average molecular weight is 1800 g/mol. The summed E-state index contributed by atoms with van der Waals surface area (Å²) in [7, 11) is 0. The average Bonchev–Trinajstić information content (AvgIpc) is 1.74. The van der Waals surface area contributed by atoms with Crippen LogP contribution in [-0.4, -0.2) is 106 Å². The maximum absolute atomic E-state index is 13.8. The molecule has 1 unspecified atom stereocenters. The van der Waals surface area contributed by atoms with E-state index in [0.29, 0.717) is 121 Å². The third-order valence-electron chi connectivity index (χ3n) is 14.4. The number of aromatic carboxylic acids is 1. The summed E-state index contributed by atoms with van der Waals surface area (Å²) in [5.41, 5.74) is 25.6. The number of primary amides is 2. The number of nitrogens with one attached hydrogen (secondary N) is 5. The van der Waals surface area contributed by atoms with E-state index in [1.165, 1.54) is 89.8 Å². The monoisotopic (exact) mass is 1800 g/mol. The van der Waals surface area contributed by atoms with Gasteiger partial charge in [-0.2, -0.15) is 57.9 Å². The number of nitrogens with zero attached hydrogens (tertiary/aromatic N) is 3. The lowest BCUT2D eigenvalue weighted by molar-refractivity contribution is -0.282. The third kappa shape index (κ3) is 38.0. The van der Waals surface area contributed by atoms with Crippen molar-refractivity contribution in [2.75, 3.05) is 63.6 Å². The minimum atomic E-state index is -4.71. The van der Waals surface area contributed by atoms with Crippen LogP contribution in [0.5, 0.6) is 0 Å². The van der Waals surface area contributed by atoms with Crippen molar-refractivity contribution in [1.29, 1.82) is 5.26 Å². The molecule has 676 valence electrons. The van der Waals surface area contributed by atoms with Crippen molar-refractivity contribution in [2.24, 2.45) is 17.2 Å². The Morgan fingerprint density at radius 2 is 0.704 bits per heavy atom. The fourth-order valence-corrected chi connectivity index (χ4v) is 8.78. The van der Waals surface area contributed by atoms with Crippen LogP contribution in [0.2, 0.25) is 0 Å². The summed E-state index contributed by atoms with van der Waals surface area (Å²) < 4.78 is 231. The number of rotatable bonds is 18. The van der Waals surface area contributed by atoms with Gasteiger partial charge in [-0.15, -0.1) is 12.4 Å². The summed E-state index contributed by atoms with van der Waals surface area (Å²) in [6.45, 7) is 17.7. The van der Waals surface area contributed by atoms with Crippen LogP contribution in [0.25, 0.3) is 5.69 Å². The van der Waals surface area contributed by atoms with E-state index in [1.54, 1.807) is 45.0 Å². The third-order valence-corrected chi connectivity index (χ3v) is 14.4. The zero-order valence-electron chi connectivity index (χ0n) is 67.0. The fourth-order valence-electron chi connectivity index (χ4n) is 8.78. The number of aromatic nitrogens is 2. The molecule has 0 spiro atoms. The van der Waals surface area contributed by atoms with Gasteiger partial charge in [-0.25, -0.2) is 36.9 Å². The molecule has 9 aromatic rings. The molecule has 0 radical (unpaired) electrons. The van der Waals surface area contributed by atoms with Crippen molar-refractivity contribution >= 4 is 106 Å². The number of nitrogens with two attached hydrogens (primary N) is 6. The van der Waals surface area contributed by atoms with Crippen LogP contribution in [0, 0.1) is 34.6 Å². The molecule has 125 heavy (non-hydrogen) atoms. The summed E-state index contributed by atoms with van der Waals surface area (Å²) in [5.74, 6) is -10.7. The SMILES string of the molecule is CC(C)(C)OC(=O)Nc1ccc(N)cc1.CC(C)(C)OC(=O)Nc1ccc(NC(=O)c2cc(C(F)(F)F)ccc2F)cc1.CCOC(OCC)OCC.Cl.N#CC(N)C(N)=O.NC(=O)c1ncn(-c2ccc(NC(=O)c3cc(C(F)(F)F)ccc3F)cc2)c1N.Nc1ccc(NC(=O)c2cc(C(F)(F)F)ccc2F)cc1.O=C(O)c1cc(C(F)(F)F)ccc1F. The van der Waals surface area contributed by atoms with Crippen LogP contribution < -0.4 is 61.0 Å². The van der Waals surface area contributed by atoms with Gasteiger partial charge in [0.2, 0.25) is 5.91 Å². The Morgan fingerprint density at radius 1 is 0.440 bits per heavy atom. The topological polar surface area (TPSA) is 461 Å². The summed E-state index contributed by atoms with van der Waals surface area (Å²) in [6, 6.07) is 30.7. The number of anilines is 8. The van der Waals surface area contributed by atoms with E-state index in [1.807, 2.05) is 41.5 Å². The number of benzene rings is 8. The molecule has 1 aromatic heterocycles. The Kier molecular flexibility index (Phi) is 41.4. The van der Waals surface area contributed by atoms with Gasteiger partial charge < -0.3 is 79.1 Å². The molecule has 0 fully saturated rings. The van der Waals surface area contributed by atoms with E-state index >= 15 is 0 Å². The van der Waals surface area contributed by atoms with Crippen molar-refractivity contribution < 1.29 is 137 Å². The van der Waals surface area contributed by atoms with Gasteiger partial charge in [0.05, 0.1) is 50.6 Å². The maximum Gasteiger partial charge on any atom is 0.416 e. The van der Waals surface area contributed by atoms with Crippen LogP contribution in [0.4, 0.5) is 125 Å². The van der Waals surface area contributed by atoms with Gasteiger partial charge in [0, 0.05) is 65.3 Å². The minimum absolute atomic E-state index is 0. The molecule has 9 rings (SSSR count). The molecule has 8 aromatic carbocycles. The Morgan fingerprint density at radius 3 is 0.936 bits per heavy atom. The van der Waals surface area contributed by atoms with Crippen molar-refractivity contribution in [3.63, 3.8) is 0 Å². The molecular weight excluding hydrogens is 1720 g/mol. The molecule has 1 heterocycles. The molecule has 0 aliphatic carbocycles. The standard InChI is InChI=1S/C19H18F4N2O3.C18H13F4N5O2.C14H10F4N2O.C11H16N2O2.C8H4F4O2.C7H16O3.C3H5N3O.ClH/c1-18(2,3)28-17(27)25-13-7-5-12(6-8-13)24-16(26)14-10-11(19(21,22)23)4-9-15(14)20;19-13-6-1-9(18(20,21)22)7-12(13)17(29)26-10-2-4-11(5-3-10)27-8-25-14(15(27)23)16(24)28;15-12-6-1-8(14(16,17)18)7-11(12)13(21)20-10-4-2-9(19)3-5-10;1-11(2,3)15-10(14)13-9-6-4-8(12)5-7-9;9-6-2-1-4(8(10,11)12)3-5(6)7(13)14;1-4-8-7(9-5-2)10-6-3;4-1-2(5)3(6)7;/h4-10H,1-3H3,(H,24,26)(H,25,27);1-8H,23H2,(H2,24,28)(H,26,29);1-7H,19H2,(H,20,21);4-7H,12H2,1-3H3,(H,13,14);1-3H,(H,13,14);7H,4-6H2,1-3H3;2H,5H2,(H2,6,7);1H. The lowest BCUT2D eigenvalue weighted by Gasteiger charge is -2.19. The molecule has 0 saturated heterocycles. The van der Waals surface area contributed by atoms with Gasteiger partial charge in [0.15, 0.2) is 11.7 Å². The second-order valence-electron chi connectivity index (χ2n) is 26.4. The molecule has 0 aliphatic heterocycles. The molecule has 0 bridgehead atoms. The van der Waals surface area contributed by atoms with Gasteiger partial charge in [0.1, 0.15) is 46.6 Å². The van der Waals surface area contributed by atoms with E-state index in [2.05, 4.69) is 37.3 Å². The number of hydrogen-bond acceptors (Lipinski definition) is 19. The Bertz CT molecular complexity index is 5130. The van der Waals surface area contributed by atoms with Gasteiger partial charge in [-0.1, -0.05) is 0 Å². The van der Waals surface area contributed by atoms with Crippen molar-refractivity contribution in [1.82, 2.24) is 9.55 Å². The van der Waals surface area contributed by atoms with Gasteiger partial charge in [0.25, 0.3) is 30.1 Å². The van der Waals surface area contributed by atoms with Gasteiger partial charge >= 0.3 is 42.9 Å². The molecule has 28 nitrogen and oxygen atoms in total. The number of carboxylic acids is 1. The summed E-state index contributed by atoms with van der Waals surface area (Å²) in [4.78, 5) is 94.3. The number of amides is 7. The highest BCUT2D eigenvalue weighted by Gasteiger charge is 2.36. The van der Waals surface area contributed by atoms with Gasteiger partial charge in [-0.3, -0.25) is 39.2 Å². The van der Waals surface area contributed by atoms with Crippen LogP contribution in [0.3, 0.4) is 0 Å². The normalized spacial score (nSPS) is 11.2. The lowest BCUT2D eigenvalue weighted by Crippen LogP contribution is -2.34. The van der Waals surface area contributed by atoms with Crippen LogP contribution in [0.1, 0.15) is 136 Å². The first-order valence-corrected chi connectivity index (χ1v) is 35.4. The number of nitrogen functional groups attached to an aromatic ring is 3. The van der Waals surface area contributed by atoms with Crippen molar-refractivity contribution in [3.8, 4) is 11.8 Å². The van der Waals surface area contributed by atoms with Crippen molar-refractivity contribution in [3.05, 3.63) is 250 Å². The maximum atomic E-state index is 13.8. The summed E-state index contributed by atoms with van der Waals surface area (Å²) in [6.07, 6.45) is -18.6. The highest BCUT2D eigenvalue weighted by molar-refractivity contribution is 6.06. The van der Waals surface area contributed by atoms with Crippen molar-refractivity contribution in [2.45, 2.75) is 111 Å². The molecule has 45 heteroatoms. The van der Waals surface area contributed by atoms with Crippen LogP contribution >= 0.6 is 12.4 Å². The van der Waals surface area contributed by atoms with Crippen LogP contribution in [-0.2, 0) is 53.2 Å². The van der Waals surface area contributed by atoms with E-state index < -0.39 is 164 Å². The number of carbonyl (C=O) groups excluding carboxylic acids is 7. The first-order valence-electron chi connectivity index (χ1n) is 35.4. The molecule has 1 atom stereocenters. The largest absolute Gasteiger partial charge is 0.478 e. The Hall–Kier alpha value is -13.8. The first-order chi connectivity index (χ1) is 57.4. The molecule has 0 aliphatic rings. The summed E-state index contributed by atoms with van der Waals surface area (Å²) in [5, 5.41) is 28.2. The number of halogens is 17. The second-order valence-corrected chi connectivity index (χ2v) is 26.4. The lowest BCUT2D eigenvalue weighted by atomic mass is 10.1. The Balaban J connectivity index is 0.000000515. The summed E-state index contributed by atoms with van der Waals surface area (Å²) >= 11 is 0. The zero-order valence-corrected chi connectivity index (χ0v) is 67.9. The number of nitriles is 1. The predicted octanol–water partition coefficient (Wildman–Crippen LogP) is 17.4. The van der Waals surface area contributed by atoms with E-state index in [4.69, 9.17) is 62.7 Å². The number of imidazole rings is 1. The Labute approximate surface area is 708 Å². The number of carbonyl (C=O) groups is 8. The van der Waals surface area contributed by atoms with Gasteiger partial charge in [-0.05, 0) is 232 Å². The first kappa shape index (κ1) is 107. The predicted molar refractivity (Wildman–Crippen MR) is 429 cm³/mol. The molecular formula is C80H83ClF16N14O14. The molecule has 7 amide bonds. The highest BCUT2D eigenvalue weighted by Crippen LogP contribution is 2.35. The number of hydrogen-bond donors (Lipinski definition) is 12. The van der Waals surface area contributed by atoms with E-state index in [-0.39, 0.29) is 41.4 Å². The minimum Gasteiger partial charge on any atom is -0.478 e. The van der Waals surface area contributed by atoms with E-state index in [9.17, 15) is 109 Å². The second kappa shape index (κ2) is 48.2. The number of ether oxygens (including phenoxy) is 5. The smallest absolute Gasteiger partial charge is 0.416 e. The molecule has 18 N–H and O–H groups in total. The van der Waals surface area contributed by atoms with Crippen LogP contribution in [0.15, 0.2) is 176 Å². The van der Waals surface area contributed by atoms with E-state index in [0.717, 1.165) is 0 Å². The number of carboxylic acid groups (broad SMARTS) is 1. The zero-order chi connectivity index (χ0) is 94.2. The molecule has 0 saturated carbocycles.